The molecular weight excluding hydrogens is 290 g/mol. The van der Waals surface area contributed by atoms with Crippen LogP contribution in [0.3, 0.4) is 0 Å². The van der Waals surface area contributed by atoms with E-state index in [1.54, 1.807) is 0 Å². The van der Waals surface area contributed by atoms with E-state index in [9.17, 15) is 14.7 Å². The zero-order valence-electron chi connectivity index (χ0n) is 14.3. The molecule has 3 aliphatic carbocycles. The van der Waals surface area contributed by atoms with Crippen LogP contribution in [0.1, 0.15) is 59.3 Å². The number of carbonyl (C=O) groups is 2. The molecular formula is C19H27NO3. The van der Waals surface area contributed by atoms with Crippen LogP contribution >= 0.6 is 0 Å². The molecule has 1 aliphatic heterocycles. The quantitative estimate of drug-likeness (QED) is 0.721. The zero-order valence-corrected chi connectivity index (χ0v) is 14.3. The number of fused-ring (bicyclic) bond motifs is 5. The summed E-state index contributed by atoms with van der Waals surface area (Å²) in [6.07, 6.45) is 6.51. The van der Waals surface area contributed by atoms with E-state index in [0.29, 0.717) is 36.9 Å². The summed E-state index contributed by atoms with van der Waals surface area (Å²) in [5.41, 5.74) is -0.424. The highest BCUT2D eigenvalue weighted by Gasteiger charge is 2.65. The Bertz CT molecular complexity index is 622. The van der Waals surface area contributed by atoms with Crippen molar-refractivity contribution in [3.63, 3.8) is 0 Å². The number of ketones is 1. The molecule has 1 heterocycles. The van der Waals surface area contributed by atoms with Crippen LogP contribution in [0.4, 0.5) is 0 Å². The minimum atomic E-state index is -0.869. The molecule has 126 valence electrons. The Labute approximate surface area is 137 Å². The molecule has 6 unspecified atom stereocenters. The second-order valence-electron chi connectivity index (χ2n) is 8.98. The largest absolute Gasteiger partial charge is 0.390 e. The Kier molecular flexibility index (Phi) is 2.99. The monoisotopic (exact) mass is 317 g/mol. The predicted molar refractivity (Wildman–Crippen MR) is 86.2 cm³/mol. The summed E-state index contributed by atoms with van der Waals surface area (Å²) in [5, 5.41) is 14.4. The molecule has 0 spiro atoms. The van der Waals surface area contributed by atoms with E-state index >= 15 is 0 Å². The van der Waals surface area contributed by atoms with E-state index < -0.39 is 5.60 Å². The first kappa shape index (κ1) is 15.4. The summed E-state index contributed by atoms with van der Waals surface area (Å²) in [4.78, 5) is 24.3. The van der Waals surface area contributed by atoms with Gasteiger partial charge in [-0.1, -0.05) is 19.9 Å². The third-order valence-corrected chi connectivity index (χ3v) is 7.52. The van der Waals surface area contributed by atoms with Crippen LogP contribution in [0.5, 0.6) is 0 Å². The molecule has 0 aromatic heterocycles. The molecule has 4 aliphatic rings. The van der Waals surface area contributed by atoms with Crippen molar-refractivity contribution >= 4 is 11.7 Å². The van der Waals surface area contributed by atoms with Gasteiger partial charge in [0.15, 0.2) is 0 Å². The molecule has 2 N–H and O–H groups in total. The van der Waals surface area contributed by atoms with Crippen molar-refractivity contribution in [2.75, 3.05) is 0 Å². The highest BCUT2D eigenvalue weighted by molar-refractivity contribution is 5.87. The van der Waals surface area contributed by atoms with Gasteiger partial charge in [-0.05, 0) is 44.4 Å². The molecule has 4 rings (SSSR count). The second kappa shape index (κ2) is 4.47. The van der Waals surface area contributed by atoms with Gasteiger partial charge in [0.05, 0.1) is 5.60 Å². The van der Waals surface area contributed by atoms with Gasteiger partial charge in [-0.2, -0.15) is 0 Å². The van der Waals surface area contributed by atoms with Crippen molar-refractivity contribution in [1.29, 1.82) is 0 Å². The van der Waals surface area contributed by atoms with Gasteiger partial charge in [-0.15, -0.1) is 0 Å². The zero-order chi connectivity index (χ0) is 16.6. The molecule has 3 fully saturated rings. The predicted octanol–water partition coefficient (Wildman–Crippen LogP) is 2.56. The van der Waals surface area contributed by atoms with Crippen LogP contribution in [-0.4, -0.2) is 22.4 Å². The minimum absolute atomic E-state index is 0.0866. The van der Waals surface area contributed by atoms with Gasteiger partial charge in [-0.3, -0.25) is 9.59 Å². The molecule has 2 saturated carbocycles. The van der Waals surface area contributed by atoms with Crippen LogP contribution in [0.15, 0.2) is 11.8 Å². The van der Waals surface area contributed by atoms with Gasteiger partial charge in [0.2, 0.25) is 5.91 Å². The average molecular weight is 317 g/mol. The Morgan fingerprint density at radius 2 is 1.91 bits per heavy atom. The van der Waals surface area contributed by atoms with E-state index in [4.69, 9.17) is 0 Å². The average Bonchev–Trinajstić information content (AvgIpc) is 2.73. The smallest absolute Gasteiger partial charge is 0.224 e. The summed E-state index contributed by atoms with van der Waals surface area (Å²) in [6, 6.07) is 0. The number of hydrogen-bond acceptors (Lipinski definition) is 3. The lowest BCUT2D eigenvalue weighted by Crippen LogP contribution is -2.62. The minimum Gasteiger partial charge on any atom is -0.390 e. The van der Waals surface area contributed by atoms with Gasteiger partial charge < -0.3 is 10.4 Å². The maximum absolute atomic E-state index is 12.5. The Balaban J connectivity index is 1.81. The normalized spacial score (nSPS) is 52.2. The molecule has 0 aromatic carbocycles. The molecule has 4 nitrogen and oxygen atoms in total. The maximum atomic E-state index is 12.5. The number of Topliss-reactive ketones (excluding diaryl/α,β-unsaturated/α-hetero) is 1. The first-order valence-electron chi connectivity index (χ1n) is 8.95. The van der Waals surface area contributed by atoms with Crippen molar-refractivity contribution in [2.24, 2.45) is 28.6 Å². The molecule has 23 heavy (non-hydrogen) atoms. The number of carbonyl (C=O) groups excluding carboxylic acids is 2. The lowest BCUT2D eigenvalue weighted by Gasteiger charge is -2.61. The van der Waals surface area contributed by atoms with Gasteiger partial charge in [0.1, 0.15) is 5.78 Å². The molecule has 1 saturated heterocycles. The van der Waals surface area contributed by atoms with Gasteiger partial charge in [-0.25, -0.2) is 0 Å². The van der Waals surface area contributed by atoms with Crippen molar-refractivity contribution in [3.8, 4) is 0 Å². The van der Waals surface area contributed by atoms with Gasteiger partial charge >= 0.3 is 0 Å². The molecule has 4 heteroatoms. The first-order chi connectivity index (χ1) is 10.7. The van der Waals surface area contributed by atoms with Crippen molar-refractivity contribution < 1.29 is 14.7 Å². The Morgan fingerprint density at radius 3 is 2.65 bits per heavy atom. The van der Waals surface area contributed by atoms with Crippen LogP contribution in [0, 0.1) is 28.6 Å². The molecule has 0 aromatic rings. The third-order valence-electron chi connectivity index (χ3n) is 7.52. The topological polar surface area (TPSA) is 66.4 Å². The number of piperidine rings is 1. The number of amides is 1. The summed E-state index contributed by atoms with van der Waals surface area (Å²) >= 11 is 0. The van der Waals surface area contributed by atoms with Crippen LogP contribution in [-0.2, 0) is 9.59 Å². The van der Waals surface area contributed by atoms with Crippen molar-refractivity contribution in [2.45, 2.75) is 64.9 Å². The van der Waals surface area contributed by atoms with Crippen LogP contribution in [0.2, 0.25) is 0 Å². The summed E-state index contributed by atoms with van der Waals surface area (Å²) < 4.78 is 0. The van der Waals surface area contributed by atoms with Gasteiger partial charge in [0, 0.05) is 35.3 Å². The lowest BCUT2D eigenvalue weighted by molar-refractivity contribution is -0.176. The lowest BCUT2D eigenvalue weighted by atomic mass is 9.45. The highest BCUT2D eigenvalue weighted by Crippen LogP contribution is 2.65. The SMILES string of the molecule is CC1(O)CC2(C)C(=O)CCC2C2CC=C3NC(=O)CCC3(C)C21. The van der Waals surface area contributed by atoms with E-state index in [1.165, 1.54) is 0 Å². The van der Waals surface area contributed by atoms with E-state index in [2.05, 4.69) is 25.2 Å². The molecule has 0 radical (unpaired) electrons. The Hall–Kier alpha value is -1.16. The van der Waals surface area contributed by atoms with Crippen molar-refractivity contribution in [1.82, 2.24) is 5.32 Å². The summed E-state index contributed by atoms with van der Waals surface area (Å²) in [6.45, 7) is 6.19. The second-order valence-corrected chi connectivity index (χ2v) is 8.98. The van der Waals surface area contributed by atoms with E-state index in [-0.39, 0.29) is 22.7 Å². The highest BCUT2D eigenvalue weighted by atomic mass is 16.3. The van der Waals surface area contributed by atoms with Gasteiger partial charge in [0.25, 0.3) is 0 Å². The van der Waals surface area contributed by atoms with Crippen molar-refractivity contribution in [3.05, 3.63) is 11.8 Å². The maximum Gasteiger partial charge on any atom is 0.224 e. The molecule has 0 bridgehead atoms. The van der Waals surface area contributed by atoms with Crippen LogP contribution < -0.4 is 5.32 Å². The number of nitrogens with one attached hydrogen (secondary N) is 1. The van der Waals surface area contributed by atoms with E-state index in [1.807, 2.05) is 6.92 Å². The number of allylic oxidation sites excluding steroid dienone is 2. The number of aliphatic hydroxyl groups is 1. The number of hydrogen-bond donors (Lipinski definition) is 2. The summed E-state index contributed by atoms with van der Waals surface area (Å²) in [5.74, 6) is 1.23. The number of rotatable bonds is 0. The third kappa shape index (κ3) is 1.87. The summed E-state index contributed by atoms with van der Waals surface area (Å²) in [7, 11) is 0. The fourth-order valence-electron chi connectivity index (χ4n) is 6.74. The first-order valence-corrected chi connectivity index (χ1v) is 8.95. The van der Waals surface area contributed by atoms with E-state index in [0.717, 1.165) is 25.0 Å². The molecule has 6 atom stereocenters. The fourth-order valence-corrected chi connectivity index (χ4v) is 6.74. The van der Waals surface area contributed by atoms with Crippen LogP contribution in [0.25, 0.3) is 0 Å². The fraction of sp³-hybridized carbons (Fsp3) is 0.789. The Morgan fingerprint density at radius 1 is 1.17 bits per heavy atom. The standard InChI is InChI=1S/C19H27NO3/c1-17-9-8-15(22)20-13(17)6-4-11-12-5-7-14(21)18(12,2)10-19(3,23)16(11)17/h6,11-12,16,23H,4-5,7-10H2,1-3H3,(H,20,22). The molecule has 1 amide bonds.